The first-order valence-corrected chi connectivity index (χ1v) is 9.18. The van der Waals surface area contributed by atoms with Crippen molar-refractivity contribution >= 4 is 5.91 Å². The van der Waals surface area contributed by atoms with Crippen molar-refractivity contribution in [3.8, 4) is 11.6 Å². The summed E-state index contributed by atoms with van der Waals surface area (Å²) >= 11 is 0. The molecule has 4 rings (SSSR count). The molecule has 1 amide bonds. The van der Waals surface area contributed by atoms with Gasteiger partial charge in [-0.1, -0.05) is 31.1 Å². The minimum absolute atomic E-state index is 0.0347. The van der Waals surface area contributed by atoms with Gasteiger partial charge in [0, 0.05) is 36.8 Å². The van der Waals surface area contributed by atoms with Gasteiger partial charge in [0.25, 0.3) is 11.8 Å². The van der Waals surface area contributed by atoms with E-state index in [9.17, 15) is 4.79 Å². The average Bonchev–Trinajstić information content (AvgIpc) is 3.24. The van der Waals surface area contributed by atoms with Gasteiger partial charge in [0.15, 0.2) is 11.5 Å². The van der Waals surface area contributed by atoms with Crippen LogP contribution in [0.25, 0.3) is 11.6 Å². The third-order valence-corrected chi connectivity index (χ3v) is 5.08. The van der Waals surface area contributed by atoms with Crippen LogP contribution in [0, 0.1) is 6.92 Å². The standard InChI is InChI=1S/C20H23N5O2/c1-12(2)14-5-7-15(8-6-14)20(26)25-10-9-17-16(11-25)18(22-24(17)4)19-21-13(3)23-27-19/h5-8,12H,9-11H2,1-4H3. The fourth-order valence-corrected chi connectivity index (χ4v) is 3.52. The molecule has 3 heterocycles. The van der Waals surface area contributed by atoms with Gasteiger partial charge in [-0.3, -0.25) is 9.48 Å². The van der Waals surface area contributed by atoms with Crippen LogP contribution in [0.15, 0.2) is 28.8 Å². The van der Waals surface area contributed by atoms with Crippen LogP contribution in [0.5, 0.6) is 0 Å². The van der Waals surface area contributed by atoms with Crippen LogP contribution in [0.3, 0.4) is 0 Å². The molecular formula is C20H23N5O2. The van der Waals surface area contributed by atoms with Crippen LogP contribution in [0.1, 0.15) is 52.8 Å². The molecule has 140 valence electrons. The largest absolute Gasteiger partial charge is 0.334 e. The van der Waals surface area contributed by atoms with Gasteiger partial charge in [0.2, 0.25) is 0 Å². The molecule has 0 atom stereocenters. The zero-order chi connectivity index (χ0) is 19.1. The van der Waals surface area contributed by atoms with Crippen molar-refractivity contribution in [3.63, 3.8) is 0 Å². The Morgan fingerprint density at radius 1 is 1.22 bits per heavy atom. The Balaban J connectivity index is 1.61. The van der Waals surface area contributed by atoms with E-state index >= 15 is 0 Å². The average molecular weight is 365 g/mol. The second-order valence-electron chi connectivity index (χ2n) is 7.30. The lowest BCUT2D eigenvalue weighted by Gasteiger charge is -2.27. The van der Waals surface area contributed by atoms with E-state index in [2.05, 4.69) is 29.1 Å². The van der Waals surface area contributed by atoms with E-state index in [-0.39, 0.29) is 5.91 Å². The molecule has 1 aliphatic heterocycles. The fraction of sp³-hybridized carbons (Fsp3) is 0.400. The zero-order valence-corrected chi connectivity index (χ0v) is 16.1. The first-order valence-electron chi connectivity index (χ1n) is 9.18. The lowest BCUT2D eigenvalue weighted by atomic mass is 10.0. The molecule has 0 radical (unpaired) electrons. The zero-order valence-electron chi connectivity index (χ0n) is 16.1. The van der Waals surface area contributed by atoms with Crippen molar-refractivity contribution in [1.29, 1.82) is 0 Å². The first-order chi connectivity index (χ1) is 12.9. The Morgan fingerprint density at radius 2 is 1.96 bits per heavy atom. The maximum Gasteiger partial charge on any atom is 0.278 e. The Hall–Kier alpha value is -2.96. The summed E-state index contributed by atoms with van der Waals surface area (Å²) in [4.78, 5) is 19.2. The summed E-state index contributed by atoms with van der Waals surface area (Å²) in [5, 5.41) is 8.42. The first kappa shape index (κ1) is 17.5. The Bertz CT molecular complexity index is 984. The summed E-state index contributed by atoms with van der Waals surface area (Å²) < 4.78 is 7.16. The highest BCUT2D eigenvalue weighted by Crippen LogP contribution is 2.29. The van der Waals surface area contributed by atoms with E-state index in [0.29, 0.717) is 42.0 Å². The van der Waals surface area contributed by atoms with Crippen LogP contribution in [-0.4, -0.2) is 37.3 Å². The molecule has 1 aliphatic rings. The molecule has 0 unspecified atom stereocenters. The normalized spacial score (nSPS) is 13.9. The van der Waals surface area contributed by atoms with Gasteiger partial charge < -0.3 is 9.42 Å². The van der Waals surface area contributed by atoms with Crippen molar-refractivity contribution in [2.45, 2.75) is 39.7 Å². The molecule has 1 aromatic carbocycles. The third kappa shape index (κ3) is 3.13. The molecule has 3 aromatic rings. The molecule has 7 heteroatoms. The minimum atomic E-state index is 0.0347. The maximum absolute atomic E-state index is 13.0. The molecule has 0 aliphatic carbocycles. The Kier molecular flexibility index (Phi) is 4.30. The van der Waals surface area contributed by atoms with Gasteiger partial charge in [-0.25, -0.2) is 0 Å². The topological polar surface area (TPSA) is 77.0 Å². The summed E-state index contributed by atoms with van der Waals surface area (Å²) in [6.07, 6.45) is 0.752. The molecule has 0 N–H and O–H groups in total. The number of carbonyl (C=O) groups excluding carboxylic acids is 1. The van der Waals surface area contributed by atoms with E-state index < -0.39 is 0 Å². The summed E-state index contributed by atoms with van der Waals surface area (Å²) in [6, 6.07) is 7.89. The van der Waals surface area contributed by atoms with Gasteiger partial charge in [0.05, 0.1) is 6.54 Å². The maximum atomic E-state index is 13.0. The number of amides is 1. The van der Waals surface area contributed by atoms with Gasteiger partial charge in [0.1, 0.15) is 0 Å². The number of rotatable bonds is 3. The highest BCUT2D eigenvalue weighted by atomic mass is 16.5. The SMILES string of the molecule is Cc1noc(-c2nn(C)c3c2CN(C(=O)c2ccc(C(C)C)cc2)CC3)n1. The minimum Gasteiger partial charge on any atom is -0.334 e. The summed E-state index contributed by atoms with van der Waals surface area (Å²) in [6.45, 7) is 7.22. The lowest BCUT2D eigenvalue weighted by molar-refractivity contribution is 0.0733. The second kappa shape index (κ2) is 6.64. The number of hydrogen-bond acceptors (Lipinski definition) is 5. The van der Waals surface area contributed by atoms with Gasteiger partial charge >= 0.3 is 0 Å². The van der Waals surface area contributed by atoms with Crippen LogP contribution in [0.2, 0.25) is 0 Å². The lowest BCUT2D eigenvalue weighted by Crippen LogP contribution is -2.36. The van der Waals surface area contributed by atoms with Crippen molar-refractivity contribution in [3.05, 3.63) is 52.5 Å². The number of aromatic nitrogens is 4. The summed E-state index contributed by atoms with van der Waals surface area (Å²) in [7, 11) is 1.91. The van der Waals surface area contributed by atoms with E-state index in [0.717, 1.165) is 17.7 Å². The molecule has 7 nitrogen and oxygen atoms in total. The highest BCUT2D eigenvalue weighted by molar-refractivity contribution is 5.94. The number of fused-ring (bicyclic) bond motifs is 1. The van der Waals surface area contributed by atoms with E-state index in [4.69, 9.17) is 4.52 Å². The molecule has 0 bridgehead atoms. The number of benzene rings is 1. The summed E-state index contributed by atoms with van der Waals surface area (Å²) in [5.74, 6) is 1.45. The number of nitrogens with zero attached hydrogens (tertiary/aromatic N) is 5. The molecule has 0 fully saturated rings. The fourth-order valence-electron chi connectivity index (χ4n) is 3.52. The highest BCUT2D eigenvalue weighted by Gasteiger charge is 2.29. The molecule has 27 heavy (non-hydrogen) atoms. The number of aryl methyl sites for hydroxylation is 2. The van der Waals surface area contributed by atoms with Crippen molar-refractivity contribution < 1.29 is 9.32 Å². The summed E-state index contributed by atoms with van der Waals surface area (Å²) in [5.41, 5.74) is 4.70. The van der Waals surface area contributed by atoms with Crippen LogP contribution >= 0.6 is 0 Å². The molecule has 0 spiro atoms. The van der Waals surface area contributed by atoms with Crippen molar-refractivity contribution in [1.82, 2.24) is 24.8 Å². The Morgan fingerprint density at radius 3 is 2.59 bits per heavy atom. The van der Waals surface area contributed by atoms with Crippen LogP contribution in [-0.2, 0) is 20.0 Å². The molecule has 0 saturated heterocycles. The second-order valence-corrected chi connectivity index (χ2v) is 7.30. The third-order valence-electron chi connectivity index (χ3n) is 5.08. The van der Waals surface area contributed by atoms with Gasteiger partial charge in [-0.2, -0.15) is 10.1 Å². The van der Waals surface area contributed by atoms with E-state index in [1.54, 1.807) is 6.92 Å². The van der Waals surface area contributed by atoms with Gasteiger partial charge in [-0.15, -0.1) is 0 Å². The predicted octanol–water partition coefficient (Wildman–Crippen LogP) is 3.10. The number of carbonyl (C=O) groups is 1. The molecule has 0 saturated carbocycles. The monoisotopic (exact) mass is 365 g/mol. The number of hydrogen-bond donors (Lipinski definition) is 0. The smallest absolute Gasteiger partial charge is 0.278 e. The van der Waals surface area contributed by atoms with Gasteiger partial charge in [-0.05, 0) is 30.5 Å². The van der Waals surface area contributed by atoms with Crippen LogP contribution < -0.4 is 0 Å². The Labute approximate surface area is 158 Å². The molecular weight excluding hydrogens is 342 g/mol. The molecule has 2 aromatic heterocycles. The predicted molar refractivity (Wildman–Crippen MR) is 100 cm³/mol. The van der Waals surface area contributed by atoms with E-state index in [1.165, 1.54) is 5.56 Å². The quantitative estimate of drug-likeness (QED) is 0.713. The van der Waals surface area contributed by atoms with E-state index in [1.807, 2.05) is 40.9 Å². The van der Waals surface area contributed by atoms with Crippen molar-refractivity contribution in [2.75, 3.05) is 6.54 Å². The van der Waals surface area contributed by atoms with Crippen molar-refractivity contribution in [2.24, 2.45) is 7.05 Å². The van der Waals surface area contributed by atoms with Crippen LogP contribution in [0.4, 0.5) is 0 Å².